The van der Waals surface area contributed by atoms with Crippen molar-refractivity contribution in [2.75, 3.05) is 6.61 Å². The van der Waals surface area contributed by atoms with Crippen molar-refractivity contribution in [2.24, 2.45) is 0 Å². The number of phenols is 1. The van der Waals surface area contributed by atoms with Crippen molar-refractivity contribution in [1.29, 1.82) is 0 Å². The number of carboxylic acids is 1. The molecule has 26 heavy (non-hydrogen) atoms. The van der Waals surface area contributed by atoms with Gasteiger partial charge in [0.25, 0.3) is 0 Å². The molecular formula is C16H8I4O6. The number of halogens is 4. The number of carbonyl (C=O) groups excluding carboxylic acids is 2. The third-order valence-corrected chi connectivity index (χ3v) is 6.33. The van der Waals surface area contributed by atoms with Crippen molar-refractivity contribution in [1.82, 2.24) is 0 Å². The quantitative estimate of drug-likeness (QED) is 0.257. The highest BCUT2D eigenvalue weighted by atomic mass is 127. The Hall–Kier alpha value is -0.230. The summed E-state index contributed by atoms with van der Waals surface area (Å²) in [4.78, 5) is 35.8. The average Bonchev–Trinajstić information content (AvgIpc) is 2.56. The Labute approximate surface area is 202 Å². The lowest BCUT2D eigenvalue weighted by molar-refractivity contribution is -0.139. The molecule has 0 unspecified atom stereocenters. The molecular weight excluding hydrogens is 796 g/mol. The van der Waals surface area contributed by atoms with E-state index in [0.717, 1.165) is 0 Å². The van der Waals surface area contributed by atoms with Gasteiger partial charge in [0.1, 0.15) is 11.5 Å². The predicted octanol–water partition coefficient (Wildman–Crippen LogP) is 4.34. The summed E-state index contributed by atoms with van der Waals surface area (Å²) in [5, 5.41) is 18.5. The summed E-state index contributed by atoms with van der Waals surface area (Å²) in [6.07, 6.45) is 0. The maximum absolute atomic E-state index is 12.6. The number of aliphatic carboxylic acids is 1. The molecule has 10 heteroatoms. The predicted molar refractivity (Wildman–Crippen MR) is 127 cm³/mol. The number of rotatable bonds is 6. The second kappa shape index (κ2) is 9.31. The van der Waals surface area contributed by atoms with Gasteiger partial charge in [-0.1, -0.05) is 0 Å². The van der Waals surface area contributed by atoms with Gasteiger partial charge in [-0.25, -0.2) is 4.79 Å². The van der Waals surface area contributed by atoms with E-state index in [0.29, 0.717) is 20.0 Å². The SMILES string of the molecule is O=C(O)COc1c(I)cc(C(=O)C(=O)c2cc(I)c(O)c(I)c2)cc1I. The highest BCUT2D eigenvalue weighted by Crippen LogP contribution is 2.31. The third kappa shape index (κ3) is 5.18. The molecule has 0 aliphatic rings. The molecule has 2 rings (SSSR count). The molecule has 0 aliphatic carbocycles. The number of hydrogen-bond donors (Lipinski definition) is 2. The molecule has 0 bridgehead atoms. The maximum atomic E-state index is 12.6. The van der Waals surface area contributed by atoms with Gasteiger partial charge in [-0.3, -0.25) is 9.59 Å². The number of phenolic OH excluding ortho intramolecular Hbond substituents is 1. The number of aromatic hydroxyl groups is 1. The lowest BCUT2D eigenvalue weighted by Gasteiger charge is -2.11. The molecule has 0 amide bonds. The Morgan fingerprint density at radius 1 is 0.808 bits per heavy atom. The lowest BCUT2D eigenvalue weighted by Crippen LogP contribution is -2.16. The summed E-state index contributed by atoms with van der Waals surface area (Å²) >= 11 is 7.63. The van der Waals surface area contributed by atoms with Gasteiger partial charge in [-0.15, -0.1) is 0 Å². The lowest BCUT2D eigenvalue weighted by atomic mass is 10.0. The van der Waals surface area contributed by atoms with E-state index in [9.17, 15) is 19.5 Å². The molecule has 2 N–H and O–H groups in total. The van der Waals surface area contributed by atoms with Crippen molar-refractivity contribution >= 4 is 108 Å². The molecule has 6 nitrogen and oxygen atoms in total. The Balaban J connectivity index is 2.35. The minimum atomic E-state index is -1.11. The summed E-state index contributed by atoms with van der Waals surface area (Å²) in [6.45, 7) is -0.497. The zero-order valence-corrected chi connectivity index (χ0v) is 21.2. The number of ether oxygens (including phenoxy) is 1. The minimum absolute atomic E-state index is 0.0687. The average molecular weight is 804 g/mol. The monoisotopic (exact) mass is 804 g/mol. The molecule has 0 saturated carbocycles. The van der Waals surface area contributed by atoms with Crippen LogP contribution in [0.5, 0.6) is 11.5 Å². The zero-order chi connectivity index (χ0) is 19.6. The third-order valence-electron chi connectivity index (χ3n) is 3.09. The van der Waals surface area contributed by atoms with Gasteiger partial charge in [-0.05, 0) is 115 Å². The van der Waals surface area contributed by atoms with Crippen LogP contribution in [0.3, 0.4) is 0 Å². The maximum Gasteiger partial charge on any atom is 0.341 e. The van der Waals surface area contributed by atoms with Crippen LogP contribution in [0.25, 0.3) is 0 Å². The van der Waals surface area contributed by atoms with Crippen LogP contribution in [0, 0.1) is 14.3 Å². The van der Waals surface area contributed by atoms with Gasteiger partial charge in [-0.2, -0.15) is 0 Å². The first-order valence-corrected chi connectivity index (χ1v) is 11.0. The van der Waals surface area contributed by atoms with Crippen molar-refractivity contribution in [3.05, 3.63) is 49.7 Å². The number of carbonyl (C=O) groups is 3. The van der Waals surface area contributed by atoms with Crippen LogP contribution < -0.4 is 4.74 Å². The van der Waals surface area contributed by atoms with E-state index in [2.05, 4.69) is 0 Å². The van der Waals surface area contributed by atoms with Gasteiger partial charge < -0.3 is 14.9 Å². The summed E-state index contributed by atoms with van der Waals surface area (Å²) < 4.78 is 7.23. The zero-order valence-electron chi connectivity index (χ0n) is 12.6. The van der Waals surface area contributed by atoms with Gasteiger partial charge in [0.05, 0.1) is 14.3 Å². The van der Waals surface area contributed by atoms with Crippen LogP contribution in [0.1, 0.15) is 20.7 Å². The molecule has 2 aromatic carbocycles. The molecule has 136 valence electrons. The Morgan fingerprint density at radius 2 is 1.19 bits per heavy atom. The van der Waals surface area contributed by atoms with Gasteiger partial charge in [0.2, 0.25) is 11.6 Å². The van der Waals surface area contributed by atoms with E-state index in [4.69, 9.17) is 9.84 Å². The fraction of sp³-hybridized carbons (Fsp3) is 0.0625. The van der Waals surface area contributed by atoms with Crippen molar-refractivity contribution < 1.29 is 29.3 Å². The molecule has 2 aromatic rings. The van der Waals surface area contributed by atoms with Crippen LogP contribution in [0.2, 0.25) is 0 Å². The first-order chi connectivity index (χ1) is 12.1. The minimum Gasteiger partial charge on any atom is -0.506 e. The summed E-state index contributed by atoms with van der Waals surface area (Å²) in [5.41, 5.74) is 0.377. The van der Waals surface area contributed by atoms with Crippen molar-refractivity contribution in [3.8, 4) is 11.5 Å². The van der Waals surface area contributed by atoms with E-state index in [1.807, 2.05) is 90.4 Å². The van der Waals surface area contributed by atoms with E-state index < -0.39 is 24.1 Å². The molecule has 0 aromatic heterocycles. The van der Waals surface area contributed by atoms with Gasteiger partial charge >= 0.3 is 5.97 Å². The summed E-state index contributed by atoms with van der Waals surface area (Å²) in [5.74, 6) is -2.07. The summed E-state index contributed by atoms with van der Waals surface area (Å²) in [6, 6.07) is 5.88. The van der Waals surface area contributed by atoms with E-state index in [-0.39, 0.29) is 16.9 Å². The molecule has 0 fully saturated rings. The van der Waals surface area contributed by atoms with E-state index in [1.54, 1.807) is 0 Å². The molecule has 0 radical (unpaired) electrons. The van der Waals surface area contributed by atoms with Crippen LogP contribution in [-0.4, -0.2) is 34.4 Å². The topological polar surface area (TPSA) is 101 Å². The first-order valence-electron chi connectivity index (χ1n) is 6.72. The smallest absolute Gasteiger partial charge is 0.341 e. The highest BCUT2D eigenvalue weighted by Gasteiger charge is 2.23. The standard InChI is InChI=1S/C16H8I4O6/c17-8-1-6(2-9(18)15(8)25)13(23)14(24)7-3-10(19)16(11(20)4-7)26-5-12(21)22/h1-4,25H,5H2,(H,21,22). The normalized spacial score (nSPS) is 10.5. The highest BCUT2D eigenvalue weighted by molar-refractivity contribution is 14.1. The van der Waals surface area contributed by atoms with Crippen LogP contribution in [-0.2, 0) is 4.79 Å². The first kappa shape index (κ1) is 22.1. The van der Waals surface area contributed by atoms with Gasteiger partial charge in [0.15, 0.2) is 6.61 Å². The number of carboxylic acid groups (broad SMARTS) is 1. The Morgan fingerprint density at radius 3 is 1.58 bits per heavy atom. The molecule has 0 atom stereocenters. The van der Waals surface area contributed by atoms with Crippen LogP contribution >= 0.6 is 90.4 Å². The Bertz CT molecular complexity index is 879. The number of ketones is 2. The van der Waals surface area contributed by atoms with Crippen molar-refractivity contribution in [3.63, 3.8) is 0 Å². The van der Waals surface area contributed by atoms with E-state index in [1.165, 1.54) is 24.3 Å². The molecule has 0 spiro atoms. The van der Waals surface area contributed by atoms with Gasteiger partial charge in [0, 0.05) is 11.1 Å². The number of Topliss-reactive ketones (excluding diaryl/α,β-unsaturated/α-hetero) is 2. The fourth-order valence-electron chi connectivity index (χ4n) is 1.92. The van der Waals surface area contributed by atoms with Crippen LogP contribution in [0.15, 0.2) is 24.3 Å². The largest absolute Gasteiger partial charge is 0.506 e. The Kier molecular flexibility index (Phi) is 7.90. The fourth-order valence-corrected chi connectivity index (χ4v) is 5.77. The molecule has 0 heterocycles. The molecule has 0 saturated heterocycles. The number of hydrogen-bond acceptors (Lipinski definition) is 5. The second-order valence-corrected chi connectivity index (χ2v) is 9.55. The summed E-state index contributed by atoms with van der Waals surface area (Å²) in [7, 11) is 0. The van der Waals surface area contributed by atoms with E-state index >= 15 is 0 Å². The molecule has 0 aliphatic heterocycles. The number of benzene rings is 2. The van der Waals surface area contributed by atoms with Crippen molar-refractivity contribution in [2.45, 2.75) is 0 Å². The second-order valence-electron chi connectivity index (χ2n) is 4.90. The van der Waals surface area contributed by atoms with Crippen LogP contribution in [0.4, 0.5) is 0 Å².